The van der Waals surface area contributed by atoms with Gasteiger partial charge in [0.2, 0.25) is 5.91 Å². The SMILES string of the molecule is CC1(C)CC(=O)N(c2ccccc2C#N)CCN1. The Morgan fingerprint density at radius 2 is 2.11 bits per heavy atom. The third-order valence-corrected chi connectivity index (χ3v) is 3.15. The summed E-state index contributed by atoms with van der Waals surface area (Å²) in [4.78, 5) is 14.0. The quantitative estimate of drug-likeness (QED) is 0.816. The highest BCUT2D eigenvalue weighted by atomic mass is 16.2. The van der Waals surface area contributed by atoms with E-state index in [1.165, 1.54) is 0 Å². The van der Waals surface area contributed by atoms with Crippen LogP contribution in [0, 0.1) is 11.3 Å². The predicted molar refractivity (Wildman–Crippen MR) is 70.2 cm³/mol. The highest BCUT2D eigenvalue weighted by Crippen LogP contribution is 2.23. The van der Waals surface area contributed by atoms with Gasteiger partial charge in [0.1, 0.15) is 6.07 Å². The number of hydrogen-bond acceptors (Lipinski definition) is 3. The highest BCUT2D eigenvalue weighted by molar-refractivity contribution is 5.95. The van der Waals surface area contributed by atoms with Crippen molar-refractivity contribution in [3.05, 3.63) is 29.8 Å². The number of carbonyl (C=O) groups excluding carboxylic acids is 1. The minimum absolute atomic E-state index is 0.0627. The van der Waals surface area contributed by atoms with E-state index in [1.807, 2.05) is 32.0 Å². The van der Waals surface area contributed by atoms with Crippen LogP contribution < -0.4 is 10.2 Å². The molecule has 1 aliphatic heterocycles. The molecule has 0 unspecified atom stereocenters. The number of carbonyl (C=O) groups is 1. The summed E-state index contributed by atoms with van der Waals surface area (Å²) >= 11 is 0. The Labute approximate surface area is 107 Å². The van der Waals surface area contributed by atoms with Gasteiger partial charge in [-0.3, -0.25) is 4.79 Å². The molecule has 1 aromatic carbocycles. The van der Waals surface area contributed by atoms with E-state index in [4.69, 9.17) is 5.26 Å². The molecule has 1 fully saturated rings. The van der Waals surface area contributed by atoms with E-state index in [0.717, 1.165) is 6.54 Å². The first kappa shape index (κ1) is 12.6. The predicted octanol–water partition coefficient (Wildman–Crippen LogP) is 1.66. The van der Waals surface area contributed by atoms with Gasteiger partial charge in [-0.15, -0.1) is 0 Å². The van der Waals surface area contributed by atoms with Gasteiger partial charge in [0.15, 0.2) is 0 Å². The van der Waals surface area contributed by atoms with Crippen LogP contribution in [0.3, 0.4) is 0 Å². The van der Waals surface area contributed by atoms with E-state index in [1.54, 1.807) is 11.0 Å². The van der Waals surface area contributed by atoms with Crippen LogP contribution in [0.15, 0.2) is 24.3 Å². The smallest absolute Gasteiger partial charge is 0.228 e. The molecule has 1 N–H and O–H groups in total. The second kappa shape index (κ2) is 4.79. The third kappa shape index (κ3) is 2.52. The van der Waals surface area contributed by atoms with Crippen molar-refractivity contribution in [2.24, 2.45) is 0 Å². The summed E-state index contributed by atoms with van der Waals surface area (Å²) in [6.07, 6.45) is 0.437. The average Bonchev–Trinajstić information content (AvgIpc) is 2.46. The van der Waals surface area contributed by atoms with Gasteiger partial charge in [-0.05, 0) is 26.0 Å². The molecule has 0 atom stereocenters. The maximum Gasteiger partial charge on any atom is 0.228 e. The molecule has 0 bridgehead atoms. The van der Waals surface area contributed by atoms with Crippen LogP contribution >= 0.6 is 0 Å². The molecular weight excluding hydrogens is 226 g/mol. The molecule has 0 radical (unpaired) electrons. The van der Waals surface area contributed by atoms with Gasteiger partial charge < -0.3 is 10.2 Å². The second-order valence-electron chi connectivity index (χ2n) is 5.16. The monoisotopic (exact) mass is 243 g/mol. The first-order chi connectivity index (χ1) is 8.53. The Kier molecular flexibility index (Phi) is 3.35. The Bertz CT molecular complexity index is 502. The van der Waals surface area contributed by atoms with Gasteiger partial charge in [0.25, 0.3) is 0 Å². The molecule has 4 nitrogen and oxygen atoms in total. The van der Waals surface area contributed by atoms with E-state index in [-0.39, 0.29) is 11.4 Å². The van der Waals surface area contributed by atoms with Crippen LogP contribution in [0.2, 0.25) is 0 Å². The zero-order chi connectivity index (χ0) is 13.2. The van der Waals surface area contributed by atoms with Crippen LogP contribution in [-0.2, 0) is 4.79 Å². The van der Waals surface area contributed by atoms with Gasteiger partial charge >= 0.3 is 0 Å². The molecule has 1 aromatic rings. The normalized spacial score (nSPS) is 19.2. The molecule has 0 spiro atoms. The molecule has 18 heavy (non-hydrogen) atoms. The van der Waals surface area contributed by atoms with Crippen molar-refractivity contribution in [2.75, 3.05) is 18.0 Å². The minimum Gasteiger partial charge on any atom is -0.310 e. The van der Waals surface area contributed by atoms with Crippen molar-refractivity contribution in [3.8, 4) is 6.07 Å². The first-order valence-electron chi connectivity index (χ1n) is 6.08. The van der Waals surface area contributed by atoms with E-state index in [2.05, 4.69) is 11.4 Å². The molecule has 1 heterocycles. The molecule has 1 amide bonds. The Morgan fingerprint density at radius 3 is 2.83 bits per heavy atom. The van der Waals surface area contributed by atoms with Crippen molar-refractivity contribution in [1.29, 1.82) is 5.26 Å². The highest BCUT2D eigenvalue weighted by Gasteiger charge is 2.29. The molecule has 94 valence electrons. The molecule has 2 rings (SSSR count). The summed E-state index contributed by atoms with van der Waals surface area (Å²) in [6.45, 7) is 5.37. The van der Waals surface area contributed by atoms with E-state index in [0.29, 0.717) is 24.2 Å². The molecule has 0 saturated carbocycles. The average molecular weight is 243 g/mol. The lowest BCUT2D eigenvalue weighted by Gasteiger charge is -2.23. The number of nitrogens with zero attached hydrogens (tertiary/aromatic N) is 2. The lowest BCUT2D eigenvalue weighted by Crippen LogP contribution is -2.39. The summed E-state index contributed by atoms with van der Waals surface area (Å²) < 4.78 is 0. The molecule has 0 aliphatic carbocycles. The van der Waals surface area contributed by atoms with Crippen molar-refractivity contribution in [3.63, 3.8) is 0 Å². The van der Waals surface area contributed by atoms with Gasteiger partial charge in [-0.2, -0.15) is 5.26 Å². The first-order valence-corrected chi connectivity index (χ1v) is 6.08. The molecular formula is C14H17N3O. The third-order valence-electron chi connectivity index (χ3n) is 3.15. The molecule has 4 heteroatoms. The standard InChI is InChI=1S/C14H17N3O/c1-14(2)9-13(18)17(8-7-16-14)12-6-4-3-5-11(12)10-15/h3-6,16H,7-9H2,1-2H3. The summed E-state index contributed by atoms with van der Waals surface area (Å²) in [5.74, 6) is 0.0627. The maximum absolute atomic E-state index is 12.3. The minimum atomic E-state index is -0.187. The van der Waals surface area contributed by atoms with Gasteiger partial charge in [0, 0.05) is 25.0 Å². The number of nitriles is 1. The zero-order valence-corrected chi connectivity index (χ0v) is 10.7. The number of nitrogens with one attached hydrogen (secondary N) is 1. The summed E-state index contributed by atoms with van der Waals surface area (Å²) in [6, 6.07) is 9.38. The summed E-state index contributed by atoms with van der Waals surface area (Å²) in [7, 11) is 0. The Balaban J connectivity index is 2.33. The Morgan fingerprint density at radius 1 is 1.39 bits per heavy atom. The molecule has 1 aliphatic rings. The van der Waals surface area contributed by atoms with Crippen molar-refractivity contribution < 1.29 is 4.79 Å². The maximum atomic E-state index is 12.3. The van der Waals surface area contributed by atoms with Crippen molar-refractivity contribution >= 4 is 11.6 Å². The van der Waals surface area contributed by atoms with Crippen LogP contribution in [0.4, 0.5) is 5.69 Å². The fraction of sp³-hybridized carbons (Fsp3) is 0.429. The molecule has 1 saturated heterocycles. The van der Waals surface area contributed by atoms with Gasteiger partial charge in [0.05, 0.1) is 11.3 Å². The fourth-order valence-electron chi connectivity index (χ4n) is 2.23. The summed E-state index contributed by atoms with van der Waals surface area (Å²) in [5, 5.41) is 12.4. The van der Waals surface area contributed by atoms with E-state index < -0.39 is 0 Å². The van der Waals surface area contributed by atoms with E-state index in [9.17, 15) is 4.79 Å². The van der Waals surface area contributed by atoms with E-state index >= 15 is 0 Å². The zero-order valence-electron chi connectivity index (χ0n) is 10.7. The van der Waals surface area contributed by atoms with Crippen molar-refractivity contribution in [1.82, 2.24) is 5.32 Å². The largest absolute Gasteiger partial charge is 0.310 e. The second-order valence-corrected chi connectivity index (χ2v) is 5.16. The summed E-state index contributed by atoms with van der Waals surface area (Å²) in [5.41, 5.74) is 1.07. The number of amides is 1. The number of benzene rings is 1. The number of hydrogen-bond donors (Lipinski definition) is 1. The topological polar surface area (TPSA) is 56.1 Å². The number of rotatable bonds is 1. The van der Waals surface area contributed by atoms with Gasteiger partial charge in [-0.1, -0.05) is 12.1 Å². The van der Waals surface area contributed by atoms with Crippen LogP contribution in [0.25, 0.3) is 0 Å². The van der Waals surface area contributed by atoms with Gasteiger partial charge in [-0.25, -0.2) is 0 Å². The fourth-order valence-corrected chi connectivity index (χ4v) is 2.23. The lowest BCUT2D eigenvalue weighted by atomic mass is 10.0. The molecule has 0 aromatic heterocycles. The Hall–Kier alpha value is -1.86. The van der Waals surface area contributed by atoms with Crippen LogP contribution in [0.1, 0.15) is 25.8 Å². The number of para-hydroxylation sites is 1. The lowest BCUT2D eigenvalue weighted by molar-refractivity contribution is -0.119. The van der Waals surface area contributed by atoms with Crippen LogP contribution in [-0.4, -0.2) is 24.5 Å². The number of anilines is 1. The van der Waals surface area contributed by atoms with Crippen molar-refractivity contribution in [2.45, 2.75) is 25.8 Å². The van der Waals surface area contributed by atoms with Crippen LogP contribution in [0.5, 0.6) is 0 Å².